The third-order valence-electron chi connectivity index (χ3n) is 14.0. The quantitative estimate of drug-likeness (QED) is 0.0261. The molecule has 0 aliphatic carbocycles. The Morgan fingerprint density at radius 3 is 0.782 bits per heavy atom. The van der Waals surface area contributed by atoms with Crippen LogP contribution in [0.3, 0.4) is 0 Å². The largest absolute Gasteiger partial charge is 0.462 e. The summed E-state index contributed by atoms with van der Waals surface area (Å²) in [6, 6.07) is 0. The molecule has 0 saturated carbocycles. The van der Waals surface area contributed by atoms with Crippen LogP contribution in [0.4, 0.5) is 0 Å². The van der Waals surface area contributed by atoms with Gasteiger partial charge in [0.1, 0.15) is 13.2 Å². The van der Waals surface area contributed by atoms with E-state index < -0.39 is 6.10 Å². The van der Waals surface area contributed by atoms with Gasteiger partial charge in [0.2, 0.25) is 0 Å². The SMILES string of the molecule is CC/C=C\C/C=C\C/C=C\C/C=C\C/C=C\C/C=C\C/C=C\CCCCCCCCCCCC(=O)OCC(COC(=O)CCCCCCCCCC)OC(=O)CCCCCCCCCCC/C=C\C/C=C\CCCCCCC. The fraction of sp³-hybridized carbons (Fsp3) is 0.708. The van der Waals surface area contributed by atoms with Crippen LogP contribution in [0.1, 0.15) is 310 Å². The van der Waals surface area contributed by atoms with Crippen molar-refractivity contribution in [3.8, 4) is 0 Å². The number of carbonyl (C=O) groups is 3. The van der Waals surface area contributed by atoms with E-state index in [2.05, 4.69) is 130 Å². The lowest BCUT2D eigenvalue weighted by atomic mass is 10.1. The van der Waals surface area contributed by atoms with Crippen molar-refractivity contribution in [3.05, 3.63) is 109 Å². The number of rotatable bonds is 59. The number of unbranched alkanes of at least 4 members (excludes halogenated alkanes) is 30. The van der Waals surface area contributed by atoms with Crippen molar-refractivity contribution in [2.24, 2.45) is 0 Å². The van der Waals surface area contributed by atoms with Crippen LogP contribution in [-0.2, 0) is 28.6 Å². The summed E-state index contributed by atoms with van der Waals surface area (Å²) in [4.78, 5) is 38.2. The number of carbonyl (C=O) groups excluding carboxylic acids is 3. The van der Waals surface area contributed by atoms with Crippen molar-refractivity contribution < 1.29 is 28.6 Å². The van der Waals surface area contributed by atoms with E-state index in [-0.39, 0.29) is 31.1 Å². The van der Waals surface area contributed by atoms with Crippen LogP contribution >= 0.6 is 0 Å². The molecule has 446 valence electrons. The Labute approximate surface area is 482 Å². The Kier molecular flexibility index (Phi) is 62.3. The first-order valence-corrected chi connectivity index (χ1v) is 32.9. The van der Waals surface area contributed by atoms with Gasteiger partial charge in [-0.25, -0.2) is 0 Å². The fourth-order valence-electron chi connectivity index (χ4n) is 9.10. The minimum atomic E-state index is -0.782. The molecule has 0 aliphatic heterocycles. The molecule has 78 heavy (non-hydrogen) atoms. The zero-order valence-corrected chi connectivity index (χ0v) is 51.2. The maximum Gasteiger partial charge on any atom is 0.306 e. The Balaban J connectivity index is 4.18. The van der Waals surface area contributed by atoms with Gasteiger partial charge < -0.3 is 14.2 Å². The Morgan fingerprint density at radius 2 is 0.500 bits per heavy atom. The van der Waals surface area contributed by atoms with Gasteiger partial charge in [-0.2, -0.15) is 0 Å². The highest BCUT2D eigenvalue weighted by molar-refractivity contribution is 5.71. The van der Waals surface area contributed by atoms with E-state index in [0.717, 1.165) is 116 Å². The lowest BCUT2D eigenvalue weighted by molar-refractivity contribution is -0.167. The van der Waals surface area contributed by atoms with E-state index in [1.54, 1.807) is 0 Å². The van der Waals surface area contributed by atoms with Crippen LogP contribution in [-0.4, -0.2) is 37.2 Å². The van der Waals surface area contributed by atoms with Crippen LogP contribution in [0, 0.1) is 0 Å². The van der Waals surface area contributed by atoms with Crippen LogP contribution in [0.15, 0.2) is 109 Å². The van der Waals surface area contributed by atoms with Crippen LogP contribution < -0.4 is 0 Å². The molecule has 0 heterocycles. The van der Waals surface area contributed by atoms with Crippen molar-refractivity contribution in [1.82, 2.24) is 0 Å². The summed E-state index contributed by atoms with van der Waals surface area (Å²) in [5.41, 5.74) is 0. The van der Waals surface area contributed by atoms with Crippen molar-refractivity contribution in [3.63, 3.8) is 0 Å². The van der Waals surface area contributed by atoms with Crippen LogP contribution in [0.2, 0.25) is 0 Å². The van der Waals surface area contributed by atoms with Gasteiger partial charge in [0.05, 0.1) is 0 Å². The molecule has 0 aromatic rings. The van der Waals surface area contributed by atoms with E-state index in [1.165, 1.54) is 154 Å². The van der Waals surface area contributed by atoms with Gasteiger partial charge in [-0.15, -0.1) is 0 Å². The third kappa shape index (κ3) is 62.9. The first-order chi connectivity index (χ1) is 38.5. The number of hydrogen-bond donors (Lipinski definition) is 0. The van der Waals surface area contributed by atoms with Crippen LogP contribution in [0.5, 0.6) is 0 Å². The van der Waals surface area contributed by atoms with Gasteiger partial charge in [-0.3, -0.25) is 14.4 Å². The maximum atomic E-state index is 12.9. The average molecular weight is 1080 g/mol. The molecule has 6 heteroatoms. The monoisotopic (exact) mass is 1080 g/mol. The van der Waals surface area contributed by atoms with E-state index in [1.807, 2.05) is 0 Å². The fourth-order valence-corrected chi connectivity index (χ4v) is 9.10. The molecule has 0 saturated heterocycles. The highest BCUT2D eigenvalue weighted by atomic mass is 16.6. The second-order valence-electron chi connectivity index (χ2n) is 21.6. The molecule has 0 bridgehead atoms. The Bertz CT molecular complexity index is 1570. The molecule has 1 unspecified atom stereocenters. The van der Waals surface area contributed by atoms with Crippen molar-refractivity contribution in [2.45, 2.75) is 316 Å². The maximum absolute atomic E-state index is 12.9. The molecule has 0 aliphatic rings. The summed E-state index contributed by atoms with van der Waals surface area (Å²) in [6.45, 7) is 6.50. The zero-order valence-electron chi connectivity index (χ0n) is 51.2. The third-order valence-corrected chi connectivity index (χ3v) is 14.0. The summed E-state index contributed by atoms with van der Waals surface area (Å²) in [5, 5.41) is 0. The van der Waals surface area contributed by atoms with E-state index in [4.69, 9.17) is 14.2 Å². The van der Waals surface area contributed by atoms with E-state index >= 15 is 0 Å². The van der Waals surface area contributed by atoms with Crippen molar-refractivity contribution in [1.29, 1.82) is 0 Å². The predicted molar refractivity (Wildman–Crippen MR) is 339 cm³/mol. The predicted octanol–water partition coefficient (Wildman–Crippen LogP) is 22.6. The Morgan fingerprint density at radius 1 is 0.269 bits per heavy atom. The Hall–Kier alpha value is -3.93. The normalized spacial score (nSPS) is 12.8. The van der Waals surface area contributed by atoms with E-state index in [9.17, 15) is 14.4 Å². The molecular weight excluding hydrogens is 961 g/mol. The van der Waals surface area contributed by atoms with Crippen molar-refractivity contribution in [2.75, 3.05) is 13.2 Å². The summed E-state index contributed by atoms with van der Waals surface area (Å²) in [5.74, 6) is -0.887. The van der Waals surface area contributed by atoms with Gasteiger partial charge in [0.25, 0.3) is 0 Å². The molecule has 0 N–H and O–H groups in total. The second kappa shape index (κ2) is 65.6. The minimum absolute atomic E-state index is 0.0798. The zero-order chi connectivity index (χ0) is 56.4. The first kappa shape index (κ1) is 74.1. The summed E-state index contributed by atoms with van der Waals surface area (Å²) < 4.78 is 16.9. The van der Waals surface area contributed by atoms with Gasteiger partial charge in [0.15, 0.2) is 6.10 Å². The molecule has 0 fully saturated rings. The average Bonchev–Trinajstić information content (AvgIpc) is 3.44. The molecule has 0 aromatic heterocycles. The molecule has 1 atom stereocenters. The minimum Gasteiger partial charge on any atom is -0.462 e. The molecular formula is C72H122O6. The standard InChI is InChI=1S/C72H122O6/c1-4-7-10-13-16-19-21-23-25-27-29-31-32-33-34-35-36-37-38-39-40-42-43-45-47-49-51-53-56-59-62-65-71(74)77-68-69(67-76-70(73)64-61-58-55-18-15-12-9-6-3)78-72(75)66-63-60-57-54-52-50-48-46-44-41-30-28-26-24-22-20-17-14-11-8-5-2/h7,10,16,19,22-25,28-31,33-34,36-37,39-40,69H,4-6,8-9,11-15,17-18,20-21,26-27,32,35,38,41-68H2,1-3H3/b10-7-,19-16-,24-22-,25-23-,30-28-,31-29-,34-33-,37-36-,40-39-. The highest BCUT2D eigenvalue weighted by Crippen LogP contribution is 2.16. The topological polar surface area (TPSA) is 78.9 Å². The molecule has 0 radical (unpaired) electrons. The second-order valence-corrected chi connectivity index (χ2v) is 21.6. The van der Waals surface area contributed by atoms with Crippen molar-refractivity contribution >= 4 is 17.9 Å². The summed E-state index contributed by atoms with van der Waals surface area (Å²) in [7, 11) is 0. The van der Waals surface area contributed by atoms with Crippen LogP contribution in [0.25, 0.3) is 0 Å². The van der Waals surface area contributed by atoms with E-state index in [0.29, 0.717) is 19.3 Å². The number of esters is 3. The first-order valence-electron chi connectivity index (χ1n) is 32.9. The summed E-state index contributed by atoms with van der Waals surface area (Å²) in [6.07, 6.45) is 89.7. The molecule has 6 nitrogen and oxygen atoms in total. The van der Waals surface area contributed by atoms with Gasteiger partial charge in [0, 0.05) is 19.3 Å². The number of allylic oxidation sites excluding steroid dienone is 18. The molecule has 0 amide bonds. The van der Waals surface area contributed by atoms with Gasteiger partial charge >= 0.3 is 17.9 Å². The van der Waals surface area contributed by atoms with Gasteiger partial charge in [-0.05, 0) is 109 Å². The molecule has 0 aromatic carbocycles. The van der Waals surface area contributed by atoms with Gasteiger partial charge in [-0.1, -0.05) is 291 Å². The number of ether oxygens (including phenoxy) is 3. The lowest BCUT2D eigenvalue weighted by Crippen LogP contribution is -2.30. The lowest BCUT2D eigenvalue weighted by Gasteiger charge is -2.18. The summed E-state index contributed by atoms with van der Waals surface area (Å²) >= 11 is 0. The smallest absolute Gasteiger partial charge is 0.306 e. The highest BCUT2D eigenvalue weighted by Gasteiger charge is 2.19. The molecule has 0 rings (SSSR count). The molecule has 0 spiro atoms. The number of hydrogen-bond acceptors (Lipinski definition) is 6.